The smallest absolute Gasteiger partial charge is 0.148 e. The van der Waals surface area contributed by atoms with E-state index in [1.165, 1.54) is 6.20 Å². The van der Waals surface area contributed by atoms with Crippen LogP contribution in [0.15, 0.2) is 24.8 Å². The zero-order chi connectivity index (χ0) is 9.97. The predicted molar refractivity (Wildman–Crippen MR) is 53.9 cm³/mol. The van der Waals surface area contributed by atoms with Crippen molar-refractivity contribution in [2.75, 3.05) is 0 Å². The molecular weight excluding hydrogens is 200 g/mol. The minimum atomic E-state index is 0.395. The lowest BCUT2D eigenvalue weighted by Gasteiger charge is -1.95. The molecular formula is C9H9ClN4. The Bertz CT molecular complexity index is 438. The van der Waals surface area contributed by atoms with Crippen molar-refractivity contribution >= 4 is 11.6 Å². The second kappa shape index (κ2) is 3.75. The van der Waals surface area contributed by atoms with Crippen LogP contribution in [0.25, 0.3) is 11.3 Å². The zero-order valence-corrected chi connectivity index (χ0v) is 8.44. The molecule has 2 aromatic heterocycles. The second-order valence-corrected chi connectivity index (χ2v) is 3.20. The molecule has 0 spiro atoms. The number of nitrogens with zero attached hydrogens (tertiary/aromatic N) is 4. The second-order valence-electron chi connectivity index (χ2n) is 2.81. The average Bonchev–Trinajstić information content (AvgIpc) is 2.66. The molecule has 14 heavy (non-hydrogen) atoms. The molecule has 0 aliphatic rings. The summed E-state index contributed by atoms with van der Waals surface area (Å²) in [5.74, 6) is 0. The lowest BCUT2D eigenvalue weighted by Crippen LogP contribution is -1.92. The summed E-state index contributed by atoms with van der Waals surface area (Å²) in [6.07, 6.45) is 6.85. The maximum Gasteiger partial charge on any atom is 0.148 e. The third kappa shape index (κ3) is 1.75. The molecule has 0 saturated carbocycles. The standard InChI is InChI=1S/C9H9ClN4/c1-2-14-6-7(3-12-14)8-4-11-5-9(10)13-8/h3-6H,2H2,1H3. The van der Waals surface area contributed by atoms with Gasteiger partial charge < -0.3 is 0 Å². The molecule has 5 heteroatoms. The highest BCUT2D eigenvalue weighted by Crippen LogP contribution is 2.16. The van der Waals surface area contributed by atoms with Gasteiger partial charge in [0.25, 0.3) is 0 Å². The van der Waals surface area contributed by atoms with E-state index in [0.29, 0.717) is 5.15 Å². The summed E-state index contributed by atoms with van der Waals surface area (Å²) in [6, 6.07) is 0. The fraction of sp³-hybridized carbons (Fsp3) is 0.222. The summed E-state index contributed by atoms with van der Waals surface area (Å²) in [6.45, 7) is 2.87. The van der Waals surface area contributed by atoms with Crippen molar-refractivity contribution in [3.8, 4) is 11.3 Å². The molecule has 0 amide bonds. The Morgan fingerprint density at radius 2 is 2.21 bits per heavy atom. The van der Waals surface area contributed by atoms with Crippen molar-refractivity contribution < 1.29 is 0 Å². The van der Waals surface area contributed by atoms with Gasteiger partial charge in [0, 0.05) is 18.3 Å². The van der Waals surface area contributed by atoms with E-state index in [0.717, 1.165) is 17.8 Å². The predicted octanol–water partition coefficient (Wildman–Crippen LogP) is 2.01. The quantitative estimate of drug-likeness (QED) is 0.759. The number of halogens is 1. The van der Waals surface area contributed by atoms with Gasteiger partial charge in [0.05, 0.1) is 24.3 Å². The van der Waals surface area contributed by atoms with Crippen LogP contribution in [-0.2, 0) is 6.54 Å². The van der Waals surface area contributed by atoms with Crippen LogP contribution in [0.3, 0.4) is 0 Å². The van der Waals surface area contributed by atoms with Crippen LogP contribution in [0.1, 0.15) is 6.92 Å². The van der Waals surface area contributed by atoms with E-state index >= 15 is 0 Å². The van der Waals surface area contributed by atoms with Gasteiger partial charge in [0.2, 0.25) is 0 Å². The lowest BCUT2D eigenvalue weighted by molar-refractivity contribution is 0.660. The summed E-state index contributed by atoms with van der Waals surface area (Å²) >= 11 is 5.73. The highest BCUT2D eigenvalue weighted by molar-refractivity contribution is 6.29. The molecule has 0 aliphatic heterocycles. The van der Waals surface area contributed by atoms with Crippen molar-refractivity contribution in [2.24, 2.45) is 0 Å². The lowest BCUT2D eigenvalue weighted by atomic mass is 10.3. The van der Waals surface area contributed by atoms with Crippen molar-refractivity contribution in [1.82, 2.24) is 19.7 Å². The van der Waals surface area contributed by atoms with Gasteiger partial charge in [-0.2, -0.15) is 5.10 Å². The summed E-state index contributed by atoms with van der Waals surface area (Å²) in [4.78, 5) is 8.10. The molecule has 0 bridgehead atoms. The SMILES string of the molecule is CCn1cc(-c2cncc(Cl)n2)cn1. The first kappa shape index (κ1) is 9.15. The third-order valence-electron chi connectivity index (χ3n) is 1.86. The van der Waals surface area contributed by atoms with Crippen molar-refractivity contribution in [2.45, 2.75) is 13.5 Å². The Labute approximate surface area is 86.6 Å². The Balaban J connectivity index is 2.39. The number of hydrogen-bond donors (Lipinski definition) is 0. The Hall–Kier alpha value is -1.42. The number of aryl methyl sites for hydroxylation is 1. The minimum absolute atomic E-state index is 0.395. The monoisotopic (exact) mass is 208 g/mol. The minimum Gasteiger partial charge on any atom is -0.272 e. The summed E-state index contributed by atoms with van der Waals surface area (Å²) < 4.78 is 1.83. The van der Waals surface area contributed by atoms with Gasteiger partial charge in [0.15, 0.2) is 0 Å². The number of aromatic nitrogens is 4. The molecule has 72 valence electrons. The topological polar surface area (TPSA) is 43.6 Å². The fourth-order valence-corrected chi connectivity index (χ4v) is 1.30. The largest absolute Gasteiger partial charge is 0.272 e. The molecule has 0 N–H and O–H groups in total. The Morgan fingerprint density at radius 3 is 2.86 bits per heavy atom. The van der Waals surface area contributed by atoms with Gasteiger partial charge in [0.1, 0.15) is 5.15 Å². The summed E-state index contributed by atoms with van der Waals surface area (Å²) in [5, 5.41) is 4.54. The van der Waals surface area contributed by atoms with Crippen LogP contribution in [0.5, 0.6) is 0 Å². The molecule has 0 aliphatic carbocycles. The normalized spacial score (nSPS) is 10.4. The van der Waals surface area contributed by atoms with Crippen LogP contribution in [-0.4, -0.2) is 19.7 Å². The van der Waals surface area contributed by atoms with E-state index in [2.05, 4.69) is 15.1 Å². The van der Waals surface area contributed by atoms with Crippen LogP contribution in [0.4, 0.5) is 0 Å². The number of hydrogen-bond acceptors (Lipinski definition) is 3. The molecule has 0 aromatic carbocycles. The van der Waals surface area contributed by atoms with Crippen LogP contribution >= 0.6 is 11.6 Å². The molecule has 0 radical (unpaired) electrons. The highest BCUT2D eigenvalue weighted by atomic mass is 35.5. The maximum atomic E-state index is 5.73. The van der Waals surface area contributed by atoms with Gasteiger partial charge in [-0.05, 0) is 6.92 Å². The maximum absolute atomic E-state index is 5.73. The molecule has 0 unspecified atom stereocenters. The fourth-order valence-electron chi connectivity index (χ4n) is 1.15. The van der Waals surface area contributed by atoms with Gasteiger partial charge in [-0.3, -0.25) is 9.67 Å². The first-order chi connectivity index (χ1) is 6.79. The first-order valence-electron chi connectivity index (χ1n) is 4.30. The van der Waals surface area contributed by atoms with E-state index in [-0.39, 0.29) is 0 Å². The first-order valence-corrected chi connectivity index (χ1v) is 4.67. The molecule has 2 aromatic rings. The zero-order valence-electron chi connectivity index (χ0n) is 7.68. The van der Waals surface area contributed by atoms with Crippen molar-refractivity contribution in [1.29, 1.82) is 0 Å². The molecule has 4 nitrogen and oxygen atoms in total. The van der Waals surface area contributed by atoms with Gasteiger partial charge in [-0.25, -0.2) is 4.98 Å². The summed E-state index contributed by atoms with van der Waals surface area (Å²) in [7, 11) is 0. The highest BCUT2D eigenvalue weighted by Gasteiger charge is 2.03. The van der Waals surface area contributed by atoms with E-state index < -0.39 is 0 Å². The van der Waals surface area contributed by atoms with E-state index in [4.69, 9.17) is 11.6 Å². The molecule has 0 saturated heterocycles. The summed E-state index contributed by atoms with van der Waals surface area (Å²) in [5.41, 5.74) is 1.68. The van der Waals surface area contributed by atoms with Crippen LogP contribution < -0.4 is 0 Å². The molecule has 2 heterocycles. The van der Waals surface area contributed by atoms with Gasteiger partial charge in [-0.1, -0.05) is 11.6 Å². The third-order valence-corrected chi connectivity index (χ3v) is 2.04. The number of rotatable bonds is 2. The van der Waals surface area contributed by atoms with Crippen molar-refractivity contribution in [3.05, 3.63) is 29.9 Å². The van der Waals surface area contributed by atoms with Crippen LogP contribution in [0.2, 0.25) is 5.15 Å². The van der Waals surface area contributed by atoms with E-state index in [1.807, 2.05) is 17.8 Å². The van der Waals surface area contributed by atoms with Gasteiger partial charge in [-0.15, -0.1) is 0 Å². The molecule has 0 atom stereocenters. The average molecular weight is 209 g/mol. The van der Waals surface area contributed by atoms with Crippen LogP contribution in [0, 0.1) is 0 Å². The molecule has 2 rings (SSSR count). The molecule has 0 fully saturated rings. The van der Waals surface area contributed by atoms with Gasteiger partial charge >= 0.3 is 0 Å². The van der Waals surface area contributed by atoms with E-state index in [9.17, 15) is 0 Å². The Morgan fingerprint density at radius 1 is 1.36 bits per heavy atom. The Kier molecular flexibility index (Phi) is 2.45. The van der Waals surface area contributed by atoms with Crippen molar-refractivity contribution in [3.63, 3.8) is 0 Å². The van der Waals surface area contributed by atoms with E-state index in [1.54, 1.807) is 12.4 Å².